The normalized spacial score (nSPS) is 18.7. The van der Waals surface area contributed by atoms with Gasteiger partial charge in [0, 0.05) is 13.6 Å². The summed E-state index contributed by atoms with van der Waals surface area (Å²) in [5.41, 5.74) is 2.46. The smallest absolute Gasteiger partial charge is 0.0986 e. The third kappa shape index (κ3) is 1.96. The Bertz CT molecular complexity index is 332. The highest BCUT2D eigenvalue weighted by atomic mass is 79.9. The Kier molecular flexibility index (Phi) is 3.99. The van der Waals surface area contributed by atoms with E-state index in [4.69, 9.17) is 5.11 Å². The Hall–Kier alpha value is -0.740. The lowest BCUT2D eigenvalue weighted by molar-refractivity contribution is 0.299. The molecule has 3 nitrogen and oxygen atoms in total. The second-order valence-corrected chi connectivity index (χ2v) is 3.65. The van der Waals surface area contributed by atoms with E-state index in [2.05, 4.69) is 35.9 Å². The van der Waals surface area contributed by atoms with E-state index in [9.17, 15) is 0 Å². The molecule has 15 heavy (non-hydrogen) atoms. The van der Waals surface area contributed by atoms with Crippen LogP contribution in [0.4, 0.5) is 11.4 Å². The average molecular weight is 273 g/mol. The molecule has 1 aromatic rings. The number of benzene rings is 1. The summed E-state index contributed by atoms with van der Waals surface area (Å²) in [5, 5.41) is 9.00. The van der Waals surface area contributed by atoms with Crippen molar-refractivity contribution in [3.8, 4) is 0 Å². The zero-order chi connectivity index (χ0) is 10.1. The molecule has 0 saturated carbocycles. The summed E-state index contributed by atoms with van der Waals surface area (Å²) in [4.78, 5) is 4.44. The van der Waals surface area contributed by atoms with E-state index in [0.29, 0.717) is 12.7 Å². The standard InChI is InChI=1S/C11H16N2O.BrH/c1-9-12(2)10-5-3-4-6-11(10)13(9)7-8-14;/h3-6,9,14H,7-8H2,1-2H3;1H. The van der Waals surface area contributed by atoms with E-state index in [1.165, 1.54) is 11.4 Å². The molecule has 2 rings (SSSR count). The molecule has 1 aliphatic heterocycles. The third-order valence-corrected chi connectivity index (χ3v) is 2.92. The predicted molar refractivity (Wildman–Crippen MR) is 69.1 cm³/mol. The van der Waals surface area contributed by atoms with Crippen molar-refractivity contribution < 1.29 is 5.11 Å². The maximum absolute atomic E-state index is 9.00. The zero-order valence-corrected chi connectivity index (χ0v) is 10.8. The number of aliphatic hydroxyl groups is 1. The van der Waals surface area contributed by atoms with Crippen molar-refractivity contribution in [3.05, 3.63) is 24.3 Å². The lowest BCUT2D eigenvalue weighted by Gasteiger charge is -2.26. The fourth-order valence-electron chi connectivity index (χ4n) is 2.03. The molecule has 1 aromatic carbocycles. The summed E-state index contributed by atoms with van der Waals surface area (Å²) in [5.74, 6) is 0. The second-order valence-electron chi connectivity index (χ2n) is 3.65. The van der Waals surface area contributed by atoms with Crippen LogP contribution in [0.2, 0.25) is 0 Å². The largest absolute Gasteiger partial charge is 0.395 e. The van der Waals surface area contributed by atoms with E-state index in [1.807, 2.05) is 12.1 Å². The number of halogens is 1. The molecule has 1 N–H and O–H groups in total. The molecule has 0 amide bonds. The van der Waals surface area contributed by atoms with Crippen molar-refractivity contribution in [3.63, 3.8) is 0 Å². The molecule has 1 aliphatic rings. The number of rotatable bonds is 2. The number of nitrogens with zero attached hydrogens (tertiary/aromatic N) is 2. The zero-order valence-electron chi connectivity index (χ0n) is 9.05. The van der Waals surface area contributed by atoms with E-state index < -0.39 is 0 Å². The van der Waals surface area contributed by atoms with Crippen LogP contribution in [0, 0.1) is 0 Å². The lowest BCUT2D eigenvalue weighted by atomic mass is 10.2. The van der Waals surface area contributed by atoms with Crippen LogP contribution in [0.5, 0.6) is 0 Å². The fourth-order valence-corrected chi connectivity index (χ4v) is 2.03. The molecule has 0 fully saturated rings. The average Bonchev–Trinajstić information content (AvgIpc) is 2.45. The number of para-hydroxylation sites is 2. The molecular formula is C11H17BrN2O. The first kappa shape index (κ1) is 12.3. The quantitative estimate of drug-likeness (QED) is 0.891. The molecule has 0 spiro atoms. The molecule has 0 saturated heterocycles. The first-order valence-corrected chi connectivity index (χ1v) is 4.95. The number of fused-ring (bicyclic) bond motifs is 1. The van der Waals surface area contributed by atoms with Crippen LogP contribution in [-0.2, 0) is 0 Å². The Morgan fingerprint density at radius 1 is 1.27 bits per heavy atom. The highest BCUT2D eigenvalue weighted by Gasteiger charge is 2.28. The van der Waals surface area contributed by atoms with Gasteiger partial charge in [-0.05, 0) is 19.1 Å². The Morgan fingerprint density at radius 2 is 1.87 bits per heavy atom. The summed E-state index contributed by atoms with van der Waals surface area (Å²) in [6, 6.07) is 8.30. The van der Waals surface area contributed by atoms with Crippen molar-refractivity contribution in [2.24, 2.45) is 0 Å². The van der Waals surface area contributed by atoms with Crippen LogP contribution < -0.4 is 9.80 Å². The third-order valence-electron chi connectivity index (χ3n) is 2.92. The van der Waals surface area contributed by atoms with Crippen LogP contribution in [-0.4, -0.2) is 31.5 Å². The van der Waals surface area contributed by atoms with Gasteiger partial charge in [-0.1, -0.05) is 12.1 Å². The maximum Gasteiger partial charge on any atom is 0.0986 e. The summed E-state index contributed by atoms with van der Waals surface area (Å²) < 4.78 is 0. The maximum atomic E-state index is 9.00. The number of β-amino-alcohol motifs (C(OH)–C–C–N with tert-alkyl or cyclic N) is 1. The summed E-state index contributed by atoms with van der Waals surface area (Å²) in [6.45, 7) is 3.05. The number of hydrogen-bond acceptors (Lipinski definition) is 3. The van der Waals surface area contributed by atoms with Gasteiger partial charge in [-0.3, -0.25) is 0 Å². The number of aliphatic hydroxyl groups excluding tert-OH is 1. The van der Waals surface area contributed by atoms with Crippen LogP contribution in [0.25, 0.3) is 0 Å². The first-order valence-electron chi connectivity index (χ1n) is 4.95. The SMILES string of the molecule is Br.CC1N(C)c2ccccc2N1CCO. The van der Waals surface area contributed by atoms with Gasteiger partial charge in [0.25, 0.3) is 0 Å². The predicted octanol–water partition coefficient (Wildman–Crippen LogP) is 1.86. The lowest BCUT2D eigenvalue weighted by Crippen LogP contribution is -2.40. The molecule has 0 bridgehead atoms. The van der Waals surface area contributed by atoms with Crippen molar-refractivity contribution in [1.82, 2.24) is 0 Å². The van der Waals surface area contributed by atoms with Gasteiger partial charge in [0.2, 0.25) is 0 Å². The van der Waals surface area contributed by atoms with Crippen LogP contribution in [0.3, 0.4) is 0 Å². The summed E-state index contributed by atoms with van der Waals surface area (Å²) >= 11 is 0. The topological polar surface area (TPSA) is 26.7 Å². The molecule has 4 heteroatoms. The van der Waals surface area contributed by atoms with Gasteiger partial charge in [-0.25, -0.2) is 0 Å². The Labute approximate surface area is 101 Å². The minimum absolute atomic E-state index is 0. The Morgan fingerprint density at radius 3 is 2.47 bits per heavy atom. The molecule has 1 unspecified atom stereocenters. The summed E-state index contributed by atoms with van der Waals surface area (Å²) in [7, 11) is 2.08. The van der Waals surface area contributed by atoms with Crippen molar-refractivity contribution >= 4 is 28.4 Å². The van der Waals surface area contributed by atoms with E-state index in [-0.39, 0.29) is 23.6 Å². The highest BCUT2D eigenvalue weighted by Crippen LogP contribution is 2.37. The van der Waals surface area contributed by atoms with Crippen LogP contribution in [0.15, 0.2) is 24.3 Å². The molecular weight excluding hydrogens is 256 g/mol. The van der Waals surface area contributed by atoms with E-state index in [1.54, 1.807) is 0 Å². The number of anilines is 2. The molecule has 0 aromatic heterocycles. The van der Waals surface area contributed by atoms with Gasteiger partial charge in [-0.2, -0.15) is 0 Å². The van der Waals surface area contributed by atoms with E-state index in [0.717, 1.165) is 0 Å². The van der Waals surface area contributed by atoms with E-state index >= 15 is 0 Å². The first-order chi connectivity index (χ1) is 6.75. The van der Waals surface area contributed by atoms with Gasteiger partial charge < -0.3 is 14.9 Å². The van der Waals surface area contributed by atoms with Crippen molar-refractivity contribution in [2.75, 3.05) is 30.0 Å². The minimum Gasteiger partial charge on any atom is -0.395 e. The molecule has 0 radical (unpaired) electrons. The van der Waals surface area contributed by atoms with Crippen molar-refractivity contribution in [2.45, 2.75) is 13.1 Å². The fraction of sp³-hybridized carbons (Fsp3) is 0.455. The highest BCUT2D eigenvalue weighted by molar-refractivity contribution is 8.93. The molecule has 1 atom stereocenters. The summed E-state index contributed by atoms with van der Waals surface area (Å²) in [6.07, 6.45) is 0.333. The molecule has 1 heterocycles. The van der Waals surface area contributed by atoms with Crippen LogP contribution >= 0.6 is 17.0 Å². The van der Waals surface area contributed by atoms with Gasteiger partial charge in [-0.15, -0.1) is 17.0 Å². The molecule has 84 valence electrons. The number of hydrogen-bond donors (Lipinski definition) is 1. The van der Waals surface area contributed by atoms with Gasteiger partial charge in [0.15, 0.2) is 0 Å². The Balaban J connectivity index is 0.00000112. The van der Waals surface area contributed by atoms with Gasteiger partial charge >= 0.3 is 0 Å². The monoisotopic (exact) mass is 272 g/mol. The van der Waals surface area contributed by atoms with Gasteiger partial charge in [0.05, 0.1) is 24.1 Å². The van der Waals surface area contributed by atoms with Crippen molar-refractivity contribution in [1.29, 1.82) is 0 Å². The second kappa shape index (κ2) is 4.86. The molecule has 0 aliphatic carbocycles. The van der Waals surface area contributed by atoms with Crippen LogP contribution in [0.1, 0.15) is 6.92 Å². The minimum atomic E-state index is 0. The van der Waals surface area contributed by atoms with Gasteiger partial charge in [0.1, 0.15) is 0 Å².